The largest absolute Gasteiger partial charge is 0.398 e. The number of halogens is 1. The van der Waals surface area contributed by atoms with Gasteiger partial charge in [0.1, 0.15) is 10.7 Å². The van der Waals surface area contributed by atoms with Crippen LogP contribution >= 0.6 is 0 Å². The van der Waals surface area contributed by atoms with Crippen molar-refractivity contribution in [3.8, 4) is 0 Å². The first-order valence-electron chi connectivity index (χ1n) is 4.97. The summed E-state index contributed by atoms with van der Waals surface area (Å²) in [6, 6.07) is 3.27. The summed E-state index contributed by atoms with van der Waals surface area (Å²) in [5.41, 5.74) is 5.58. The van der Waals surface area contributed by atoms with Crippen LogP contribution in [0.25, 0.3) is 0 Å². The molecule has 0 radical (unpaired) electrons. The number of nitrogens with one attached hydrogen (secondary N) is 1. The molecule has 1 aromatic carbocycles. The van der Waals surface area contributed by atoms with Crippen LogP contribution in [-0.2, 0) is 10.0 Å². The maximum Gasteiger partial charge on any atom is 0.242 e. The van der Waals surface area contributed by atoms with E-state index in [0.29, 0.717) is 5.92 Å². The predicted octanol–water partition coefficient (Wildman–Crippen LogP) is 1.09. The van der Waals surface area contributed by atoms with Gasteiger partial charge in [0.15, 0.2) is 0 Å². The molecule has 6 heteroatoms. The van der Waals surface area contributed by atoms with Gasteiger partial charge in [-0.2, -0.15) is 0 Å². The highest BCUT2D eigenvalue weighted by Gasteiger charge is 2.36. The SMILES string of the molecule is CC1CC1NS(=O)(=O)c1cc(F)ccc1N. The third-order valence-corrected chi connectivity index (χ3v) is 4.23. The number of nitrogens with two attached hydrogens (primary N) is 1. The van der Waals surface area contributed by atoms with Gasteiger partial charge >= 0.3 is 0 Å². The average Bonchev–Trinajstić information content (AvgIpc) is 2.85. The van der Waals surface area contributed by atoms with Crippen LogP contribution in [0.4, 0.5) is 10.1 Å². The summed E-state index contributed by atoms with van der Waals surface area (Å²) in [5.74, 6) is -0.275. The minimum absolute atomic E-state index is 0.0485. The van der Waals surface area contributed by atoms with Crippen LogP contribution in [0.3, 0.4) is 0 Å². The predicted molar refractivity (Wildman–Crippen MR) is 58.7 cm³/mol. The molecule has 0 bridgehead atoms. The van der Waals surface area contributed by atoms with Gasteiger partial charge in [-0.25, -0.2) is 17.5 Å². The highest BCUT2D eigenvalue weighted by Crippen LogP contribution is 2.31. The van der Waals surface area contributed by atoms with E-state index in [1.165, 1.54) is 6.07 Å². The molecular formula is C10H13FN2O2S. The van der Waals surface area contributed by atoms with Crippen LogP contribution in [0.15, 0.2) is 23.1 Å². The zero-order chi connectivity index (χ0) is 11.9. The van der Waals surface area contributed by atoms with Gasteiger partial charge in [-0.3, -0.25) is 0 Å². The molecule has 1 aliphatic rings. The van der Waals surface area contributed by atoms with Crippen molar-refractivity contribution in [1.29, 1.82) is 0 Å². The molecule has 0 aromatic heterocycles. The molecule has 16 heavy (non-hydrogen) atoms. The van der Waals surface area contributed by atoms with E-state index in [0.717, 1.165) is 18.6 Å². The molecule has 1 aliphatic carbocycles. The van der Waals surface area contributed by atoms with Gasteiger partial charge < -0.3 is 5.73 Å². The molecule has 0 spiro atoms. The quantitative estimate of drug-likeness (QED) is 0.782. The fourth-order valence-electron chi connectivity index (χ4n) is 1.49. The maximum absolute atomic E-state index is 13.0. The highest BCUT2D eigenvalue weighted by molar-refractivity contribution is 7.89. The second-order valence-corrected chi connectivity index (χ2v) is 5.81. The first kappa shape index (κ1) is 11.3. The van der Waals surface area contributed by atoms with Crippen molar-refractivity contribution < 1.29 is 12.8 Å². The number of sulfonamides is 1. The van der Waals surface area contributed by atoms with Crippen LogP contribution in [0, 0.1) is 11.7 Å². The lowest BCUT2D eigenvalue weighted by Crippen LogP contribution is -2.27. The van der Waals surface area contributed by atoms with Crippen LogP contribution in [0.1, 0.15) is 13.3 Å². The third kappa shape index (κ3) is 2.17. The van der Waals surface area contributed by atoms with Crippen LogP contribution < -0.4 is 10.5 Å². The van der Waals surface area contributed by atoms with Crippen LogP contribution in [0.5, 0.6) is 0 Å². The first-order valence-corrected chi connectivity index (χ1v) is 6.46. The minimum atomic E-state index is -3.70. The van der Waals surface area contributed by atoms with Crippen LogP contribution in [0.2, 0.25) is 0 Å². The zero-order valence-electron chi connectivity index (χ0n) is 8.77. The minimum Gasteiger partial charge on any atom is -0.398 e. The average molecular weight is 244 g/mol. The third-order valence-electron chi connectivity index (χ3n) is 2.68. The standard InChI is InChI=1S/C10H13FN2O2S/c1-6-4-9(6)13-16(14,15)10-5-7(11)2-3-8(10)12/h2-3,5-6,9,13H,4,12H2,1H3. The van der Waals surface area contributed by atoms with Gasteiger partial charge in [0.05, 0.1) is 5.69 Å². The first-order chi connectivity index (χ1) is 7.40. The van der Waals surface area contributed by atoms with Gasteiger partial charge in [-0.15, -0.1) is 0 Å². The molecule has 3 N–H and O–H groups in total. The number of rotatable bonds is 3. The summed E-state index contributed by atoms with van der Waals surface area (Å²) in [6.07, 6.45) is 0.814. The zero-order valence-corrected chi connectivity index (χ0v) is 9.59. The summed E-state index contributed by atoms with van der Waals surface area (Å²) >= 11 is 0. The summed E-state index contributed by atoms with van der Waals surface area (Å²) in [7, 11) is -3.70. The van der Waals surface area contributed by atoms with Gasteiger partial charge in [-0.1, -0.05) is 6.92 Å². The van der Waals surface area contributed by atoms with Crippen molar-refractivity contribution in [3.63, 3.8) is 0 Å². The van der Waals surface area contributed by atoms with E-state index in [4.69, 9.17) is 5.73 Å². The van der Waals surface area contributed by atoms with Crippen molar-refractivity contribution in [1.82, 2.24) is 4.72 Å². The second kappa shape index (κ2) is 3.71. The van der Waals surface area contributed by atoms with Crippen molar-refractivity contribution in [3.05, 3.63) is 24.0 Å². The summed E-state index contributed by atoms with van der Waals surface area (Å²) < 4.78 is 39.1. The van der Waals surface area contributed by atoms with E-state index in [1.54, 1.807) is 0 Å². The molecule has 0 aliphatic heterocycles. The topological polar surface area (TPSA) is 72.2 Å². The Kier molecular flexibility index (Phi) is 2.63. The lowest BCUT2D eigenvalue weighted by Gasteiger charge is -2.08. The number of benzene rings is 1. The Morgan fingerprint density at radius 2 is 2.12 bits per heavy atom. The van der Waals surface area contributed by atoms with E-state index >= 15 is 0 Å². The summed E-state index contributed by atoms with van der Waals surface area (Å²) in [6.45, 7) is 1.95. The molecule has 1 fully saturated rings. The fourth-order valence-corrected chi connectivity index (χ4v) is 2.99. The van der Waals surface area contributed by atoms with Gasteiger partial charge in [-0.05, 0) is 30.5 Å². The molecule has 2 rings (SSSR count). The number of anilines is 1. The highest BCUT2D eigenvalue weighted by atomic mass is 32.2. The van der Waals surface area contributed by atoms with Crippen molar-refractivity contribution in [2.45, 2.75) is 24.3 Å². The van der Waals surface area contributed by atoms with Crippen molar-refractivity contribution in [2.24, 2.45) is 5.92 Å². The van der Waals surface area contributed by atoms with Gasteiger partial charge in [0.25, 0.3) is 0 Å². The number of hydrogen-bond donors (Lipinski definition) is 2. The van der Waals surface area contributed by atoms with Crippen molar-refractivity contribution in [2.75, 3.05) is 5.73 Å². The molecule has 1 saturated carbocycles. The van der Waals surface area contributed by atoms with E-state index in [1.807, 2.05) is 6.92 Å². The Balaban J connectivity index is 2.31. The number of nitrogen functional groups attached to an aromatic ring is 1. The number of hydrogen-bond acceptors (Lipinski definition) is 3. The van der Waals surface area contributed by atoms with Crippen LogP contribution in [-0.4, -0.2) is 14.5 Å². The lowest BCUT2D eigenvalue weighted by atomic mass is 10.3. The Bertz CT molecular complexity index is 516. The summed E-state index contributed by atoms with van der Waals surface area (Å²) in [4.78, 5) is -0.188. The summed E-state index contributed by atoms with van der Waals surface area (Å²) in [5, 5.41) is 0. The van der Waals surface area contributed by atoms with E-state index in [9.17, 15) is 12.8 Å². The Hall–Kier alpha value is -1.14. The molecular weight excluding hydrogens is 231 g/mol. The molecule has 0 saturated heterocycles. The smallest absolute Gasteiger partial charge is 0.242 e. The second-order valence-electron chi connectivity index (χ2n) is 4.12. The lowest BCUT2D eigenvalue weighted by molar-refractivity contribution is 0.575. The fraction of sp³-hybridized carbons (Fsp3) is 0.400. The van der Waals surface area contributed by atoms with Gasteiger partial charge in [0, 0.05) is 6.04 Å². The molecule has 4 nitrogen and oxygen atoms in total. The Morgan fingerprint density at radius 1 is 1.50 bits per heavy atom. The van der Waals surface area contributed by atoms with Crippen molar-refractivity contribution >= 4 is 15.7 Å². The molecule has 0 heterocycles. The molecule has 1 aromatic rings. The Labute approximate surface area is 93.7 Å². The normalized spacial score (nSPS) is 24.4. The molecule has 2 unspecified atom stereocenters. The van der Waals surface area contributed by atoms with E-state index in [-0.39, 0.29) is 16.6 Å². The van der Waals surface area contributed by atoms with E-state index in [2.05, 4.69) is 4.72 Å². The molecule has 0 amide bonds. The van der Waals surface area contributed by atoms with E-state index < -0.39 is 15.8 Å². The molecule has 2 atom stereocenters. The Morgan fingerprint density at radius 3 is 2.69 bits per heavy atom. The van der Waals surface area contributed by atoms with Gasteiger partial charge in [0.2, 0.25) is 10.0 Å². The molecule has 88 valence electrons. The monoisotopic (exact) mass is 244 g/mol. The maximum atomic E-state index is 13.0.